The summed E-state index contributed by atoms with van der Waals surface area (Å²) in [5.74, 6) is -0.477. The van der Waals surface area contributed by atoms with Crippen molar-refractivity contribution in [3.8, 4) is 28.0 Å². The molecule has 0 saturated heterocycles. The third-order valence-electron chi connectivity index (χ3n) is 4.28. The molecule has 0 aliphatic carbocycles. The lowest BCUT2D eigenvalue weighted by Crippen LogP contribution is -2.09. The van der Waals surface area contributed by atoms with E-state index in [1.807, 2.05) is 48.5 Å². The molecule has 0 bridgehead atoms. The Labute approximate surface area is 164 Å². The Kier molecular flexibility index (Phi) is 4.69. The van der Waals surface area contributed by atoms with Crippen molar-refractivity contribution in [3.63, 3.8) is 0 Å². The van der Waals surface area contributed by atoms with Crippen molar-refractivity contribution in [2.75, 3.05) is 6.61 Å². The number of furan rings is 1. The van der Waals surface area contributed by atoms with Crippen molar-refractivity contribution in [3.05, 3.63) is 77.5 Å². The molecule has 1 heterocycles. The van der Waals surface area contributed by atoms with Crippen LogP contribution in [0.2, 0.25) is 0 Å². The zero-order valence-corrected chi connectivity index (χ0v) is 15.8. The van der Waals surface area contributed by atoms with Gasteiger partial charge < -0.3 is 14.3 Å². The van der Waals surface area contributed by atoms with Crippen molar-refractivity contribution in [2.45, 2.75) is 0 Å². The van der Waals surface area contributed by atoms with E-state index >= 15 is 0 Å². The van der Waals surface area contributed by atoms with E-state index in [2.05, 4.69) is 28.1 Å². The summed E-state index contributed by atoms with van der Waals surface area (Å²) in [4.78, 5) is 10.6. The lowest BCUT2D eigenvalue weighted by Gasteiger charge is -2.10. The summed E-state index contributed by atoms with van der Waals surface area (Å²) < 4.78 is 11.8. The summed E-state index contributed by atoms with van der Waals surface area (Å²) in [5, 5.41) is 9.76. The van der Waals surface area contributed by atoms with Crippen LogP contribution in [0, 0.1) is 0 Å². The van der Waals surface area contributed by atoms with Crippen LogP contribution in [0.15, 0.2) is 81.9 Å². The van der Waals surface area contributed by atoms with Gasteiger partial charge in [-0.15, -0.1) is 0 Å². The van der Waals surface area contributed by atoms with Gasteiger partial charge in [0.1, 0.15) is 11.3 Å². The van der Waals surface area contributed by atoms with Crippen molar-refractivity contribution >= 4 is 32.9 Å². The minimum atomic E-state index is -0.999. The number of carbonyl (C=O) groups is 1. The van der Waals surface area contributed by atoms with Crippen LogP contribution < -0.4 is 4.74 Å². The summed E-state index contributed by atoms with van der Waals surface area (Å²) in [5.41, 5.74) is 4.94. The third-order valence-corrected chi connectivity index (χ3v) is 4.83. The van der Waals surface area contributed by atoms with Gasteiger partial charge in [-0.2, -0.15) is 0 Å². The Hall–Kier alpha value is -3.05. The van der Waals surface area contributed by atoms with Crippen LogP contribution in [0.3, 0.4) is 0 Å². The number of carboxylic acid groups (broad SMARTS) is 1. The summed E-state index contributed by atoms with van der Waals surface area (Å²) in [7, 11) is 0. The number of carboxylic acids is 1. The van der Waals surface area contributed by atoms with Crippen LogP contribution in [0.4, 0.5) is 0 Å². The molecular formula is C22H15BrO4. The second-order valence-corrected chi connectivity index (χ2v) is 6.72. The van der Waals surface area contributed by atoms with Gasteiger partial charge in [-0.1, -0.05) is 54.6 Å². The van der Waals surface area contributed by atoms with Gasteiger partial charge in [0.25, 0.3) is 0 Å². The maximum atomic E-state index is 10.6. The van der Waals surface area contributed by atoms with Gasteiger partial charge in [0, 0.05) is 10.9 Å². The van der Waals surface area contributed by atoms with E-state index in [0.29, 0.717) is 10.4 Å². The van der Waals surface area contributed by atoms with Crippen LogP contribution in [-0.4, -0.2) is 17.7 Å². The normalized spacial score (nSPS) is 10.9. The quantitative estimate of drug-likeness (QED) is 0.428. The largest absolute Gasteiger partial charge is 0.482 e. The summed E-state index contributed by atoms with van der Waals surface area (Å²) in [6.07, 6.45) is 0. The van der Waals surface area contributed by atoms with Gasteiger partial charge >= 0.3 is 5.97 Å². The Balaban J connectivity index is 1.78. The molecule has 0 fully saturated rings. The second-order valence-electron chi connectivity index (χ2n) is 6.00. The van der Waals surface area contributed by atoms with Gasteiger partial charge in [-0.05, 0) is 50.8 Å². The highest BCUT2D eigenvalue weighted by atomic mass is 79.9. The average molecular weight is 423 g/mol. The summed E-state index contributed by atoms with van der Waals surface area (Å²) in [6, 6.07) is 23.4. The highest BCUT2D eigenvalue weighted by molar-refractivity contribution is 9.10. The average Bonchev–Trinajstić information content (AvgIpc) is 3.02. The highest BCUT2D eigenvalue weighted by Gasteiger charge is 2.17. The smallest absolute Gasteiger partial charge is 0.341 e. The Bertz CT molecular complexity index is 1110. The number of ether oxygens (including phenoxy) is 1. The zero-order chi connectivity index (χ0) is 18.8. The van der Waals surface area contributed by atoms with E-state index in [1.54, 1.807) is 12.1 Å². The summed E-state index contributed by atoms with van der Waals surface area (Å²) in [6.45, 7) is -0.357. The number of fused-ring (bicyclic) bond motifs is 1. The fourth-order valence-corrected chi connectivity index (χ4v) is 3.70. The molecule has 1 N–H and O–H groups in total. The number of para-hydroxylation sites is 1. The molecule has 0 amide bonds. The van der Waals surface area contributed by atoms with Crippen molar-refractivity contribution in [2.24, 2.45) is 0 Å². The maximum Gasteiger partial charge on any atom is 0.341 e. The molecule has 27 heavy (non-hydrogen) atoms. The fourth-order valence-electron chi connectivity index (χ4n) is 3.10. The van der Waals surface area contributed by atoms with Gasteiger partial charge in [0.15, 0.2) is 11.3 Å². The number of hydrogen-bond acceptors (Lipinski definition) is 3. The molecule has 3 aromatic carbocycles. The molecule has 4 nitrogen and oxygen atoms in total. The Morgan fingerprint density at radius 1 is 0.926 bits per heavy atom. The molecule has 0 unspecified atom stereocenters. The standard InChI is InChI=1S/C22H15BrO4/c23-22-21(18-7-3-4-8-19(18)27-22)17-6-2-1-5-16(17)14-9-11-15(12-10-14)26-13-20(24)25/h1-12H,13H2,(H,24,25). The molecule has 0 aliphatic rings. The fraction of sp³-hybridized carbons (Fsp3) is 0.0455. The lowest BCUT2D eigenvalue weighted by atomic mass is 9.94. The predicted molar refractivity (Wildman–Crippen MR) is 108 cm³/mol. The van der Waals surface area contributed by atoms with Crippen LogP contribution in [-0.2, 0) is 4.79 Å². The van der Waals surface area contributed by atoms with Gasteiger partial charge in [0.05, 0.1) is 0 Å². The molecule has 0 atom stereocenters. The van der Waals surface area contributed by atoms with Gasteiger partial charge in [0.2, 0.25) is 0 Å². The minimum absolute atomic E-state index is 0.357. The first-order chi connectivity index (χ1) is 13.1. The van der Waals surface area contributed by atoms with E-state index in [-0.39, 0.29) is 6.61 Å². The molecular weight excluding hydrogens is 408 g/mol. The number of aliphatic carboxylic acids is 1. The van der Waals surface area contributed by atoms with Crippen molar-refractivity contribution < 1.29 is 19.1 Å². The number of benzene rings is 3. The van der Waals surface area contributed by atoms with Crippen molar-refractivity contribution in [1.29, 1.82) is 0 Å². The topological polar surface area (TPSA) is 59.7 Å². The molecule has 4 aromatic rings. The number of hydrogen-bond donors (Lipinski definition) is 1. The SMILES string of the molecule is O=C(O)COc1ccc(-c2ccccc2-c2c(Br)oc3ccccc23)cc1. The van der Waals surface area contributed by atoms with Gasteiger partial charge in [-0.25, -0.2) is 4.79 Å². The molecule has 0 aliphatic heterocycles. The molecule has 0 saturated carbocycles. The first-order valence-corrected chi connectivity index (χ1v) is 9.14. The highest BCUT2D eigenvalue weighted by Crippen LogP contribution is 2.42. The minimum Gasteiger partial charge on any atom is -0.482 e. The third kappa shape index (κ3) is 3.46. The van der Waals surface area contributed by atoms with Crippen LogP contribution in [0.5, 0.6) is 5.75 Å². The molecule has 134 valence electrons. The van der Waals surface area contributed by atoms with Gasteiger partial charge in [-0.3, -0.25) is 0 Å². The Morgan fingerprint density at radius 2 is 1.59 bits per heavy atom. The first kappa shape index (κ1) is 17.4. The molecule has 0 spiro atoms. The number of halogens is 1. The lowest BCUT2D eigenvalue weighted by molar-refractivity contribution is -0.139. The Morgan fingerprint density at radius 3 is 2.33 bits per heavy atom. The summed E-state index contributed by atoms with van der Waals surface area (Å²) >= 11 is 3.56. The van der Waals surface area contributed by atoms with Crippen LogP contribution >= 0.6 is 15.9 Å². The van der Waals surface area contributed by atoms with E-state index in [1.165, 1.54) is 0 Å². The van der Waals surface area contributed by atoms with E-state index in [0.717, 1.165) is 33.2 Å². The van der Waals surface area contributed by atoms with E-state index < -0.39 is 5.97 Å². The van der Waals surface area contributed by atoms with Crippen molar-refractivity contribution in [1.82, 2.24) is 0 Å². The molecule has 0 radical (unpaired) electrons. The molecule has 5 heteroatoms. The number of rotatable bonds is 5. The molecule has 4 rings (SSSR count). The second kappa shape index (κ2) is 7.29. The van der Waals surface area contributed by atoms with E-state index in [9.17, 15) is 4.79 Å². The molecule has 1 aromatic heterocycles. The van der Waals surface area contributed by atoms with Crippen LogP contribution in [0.25, 0.3) is 33.2 Å². The zero-order valence-electron chi connectivity index (χ0n) is 14.2. The monoisotopic (exact) mass is 422 g/mol. The first-order valence-electron chi connectivity index (χ1n) is 8.35. The maximum absolute atomic E-state index is 10.6. The van der Waals surface area contributed by atoms with E-state index in [4.69, 9.17) is 14.3 Å². The predicted octanol–water partition coefficient (Wildman–Crippen LogP) is 5.99. The van der Waals surface area contributed by atoms with Crippen LogP contribution in [0.1, 0.15) is 0 Å².